The van der Waals surface area contributed by atoms with Crippen molar-refractivity contribution in [1.29, 1.82) is 0 Å². The summed E-state index contributed by atoms with van der Waals surface area (Å²) < 4.78 is 1.46. The van der Waals surface area contributed by atoms with Crippen molar-refractivity contribution >= 4 is 11.7 Å². The minimum absolute atomic E-state index is 0.0751. The summed E-state index contributed by atoms with van der Waals surface area (Å²) in [5.41, 5.74) is 1.18. The standard InChI is InChI=1S/C18H23N5O2/c1-13-4-5-16(20-19-13)22(3)15-7-10-23(11-8-15)18(25)14-6-9-21(2)17(24)12-14/h4-6,9,12,15H,7-8,10-11H2,1-3H3. The second kappa shape index (κ2) is 7.04. The quantitative estimate of drug-likeness (QED) is 0.840. The van der Waals surface area contributed by atoms with Crippen LogP contribution in [0.15, 0.2) is 35.3 Å². The van der Waals surface area contributed by atoms with E-state index in [1.54, 1.807) is 19.3 Å². The Morgan fingerprint density at radius 1 is 1.20 bits per heavy atom. The number of pyridine rings is 1. The zero-order chi connectivity index (χ0) is 18.0. The van der Waals surface area contributed by atoms with Crippen LogP contribution in [0.2, 0.25) is 0 Å². The summed E-state index contributed by atoms with van der Waals surface area (Å²) in [7, 11) is 3.69. The summed E-state index contributed by atoms with van der Waals surface area (Å²) in [5.74, 6) is 0.774. The maximum absolute atomic E-state index is 12.6. The van der Waals surface area contributed by atoms with Crippen molar-refractivity contribution in [2.45, 2.75) is 25.8 Å². The first-order chi connectivity index (χ1) is 12.0. The molecular weight excluding hydrogens is 318 g/mol. The molecule has 7 heteroatoms. The zero-order valence-corrected chi connectivity index (χ0v) is 14.8. The molecule has 1 saturated heterocycles. The number of likely N-dealkylation sites (tertiary alicyclic amines) is 1. The Morgan fingerprint density at radius 3 is 2.52 bits per heavy atom. The van der Waals surface area contributed by atoms with E-state index in [0.29, 0.717) is 24.7 Å². The van der Waals surface area contributed by atoms with Crippen LogP contribution in [0.25, 0.3) is 0 Å². The number of hydrogen-bond acceptors (Lipinski definition) is 5. The highest BCUT2D eigenvalue weighted by Gasteiger charge is 2.26. The lowest BCUT2D eigenvalue weighted by atomic mass is 10.0. The number of piperidine rings is 1. The van der Waals surface area contributed by atoms with E-state index < -0.39 is 0 Å². The van der Waals surface area contributed by atoms with Gasteiger partial charge in [-0.05, 0) is 38.0 Å². The van der Waals surface area contributed by atoms with Crippen molar-refractivity contribution < 1.29 is 4.79 Å². The number of aromatic nitrogens is 3. The second-order valence-electron chi connectivity index (χ2n) is 6.53. The number of carbonyl (C=O) groups excluding carboxylic acids is 1. The Balaban J connectivity index is 1.63. The van der Waals surface area contributed by atoms with E-state index >= 15 is 0 Å². The normalized spacial score (nSPS) is 15.2. The topological polar surface area (TPSA) is 71.3 Å². The van der Waals surface area contributed by atoms with E-state index in [2.05, 4.69) is 15.1 Å². The number of rotatable bonds is 3. The van der Waals surface area contributed by atoms with E-state index in [1.807, 2.05) is 31.0 Å². The van der Waals surface area contributed by atoms with Crippen molar-refractivity contribution in [1.82, 2.24) is 19.7 Å². The number of hydrogen-bond donors (Lipinski definition) is 0. The van der Waals surface area contributed by atoms with Gasteiger partial charge in [-0.25, -0.2) is 0 Å². The smallest absolute Gasteiger partial charge is 0.254 e. The van der Waals surface area contributed by atoms with Crippen molar-refractivity contribution in [3.8, 4) is 0 Å². The predicted octanol–water partition coefficient (Wildman–Crippen LogP) is 1.22. The zero-order valence-electron chi connectivity index (χ0n) is 14.8. The molecule has 1 aliphatic rings. The molecule has 0 saturated carbocycles. The second-order valence-corrected chi connectivity index (χ2v) is 6.53. The van der Waals surface area contributed by atoms with Gasteiger partial charge in [0.05, 0.1) is 5.69 Å². The minimum atomic E-state index is -0.168. The highest BCUT2D eigenvalue weighted by atomic mass is 16.2. The van der Waals surface area contributed by atoms with Gasteiger partial charge in [-0.2, -0.15) is 5.10 Å². The van der Waals surface area contributed by atoms with Gasteiger partial charge in [0.2, 0.25) is 0 Å². The molecule has 25 heavy (non-hydrogen) atoms. The fraction of sp³-hybridized carbons (Fsp3) is 0.444. The first kappa shape index (κ1) is 17.1. The molecule has 0 bridgehead atoms. The summed E-state index contributed by atoms with van der Waals surface area (Å²) in [4.78, 5) is 28.3. The van der Waals surface area contributed by atoms with Gasteiger partial charge >= 0.3 is 0 Å². The van der Waals surface area contributed by atoms with Crippen LogP contribution in [0.4, 0.5) is 5.82 Å². The van der Waals surface area contributed by atoms with E-state index in [9.17, 15) is 9.59 Å². The minimum Gasteiger partial charge on any atom is -0.355 e. The number of amides is 1. The molecule has 132 valence electrons. The largest absolute Gasteiger partial charge is 0.355 e. The van der Waals surface area contributed by atoms with Crippen LogP contribution < -0.4 is 10.5 Å². The van der Waals surface area contributed by atoms with Crippen LogP contribution in [0.5, 0.6) is 0 Å². The molecule has 0 aromatic carbocycles. The van der Waals surface area contributed by atoms with Crippen molar-refractivity contribution in [2.75, 3.05) is 25.0 Å². The van der Waals surface area contributed by atoms with Gasteiger partial charge in [0, 0.05) is 51.1 Å². The molecule has 0 unspecified atom stereocenters. The number of nitrogens with zero attached hydrogens (tertiary/aromatic N) is 5. The third-order valence-corrected chi connectivity index (χ3v) is 4.80. The lowest BCUT2D eigenvalue weighted by molar-refractivity contribution is 0.0713. The van der Waals surface area contributed by atoms with Crippen LogP contribution >= 0.6 is 0 Å². The summed E-state index contributed by atoms with van der Waals surface area (Å²) in [6, 6.07) is 7.35. The molecule has 0 aliphatic carbocycles. The average Bonchev–Trinajstić information content (AvgIpc) is 2.63. The maximum atomic E-state index is 12.6. The lowest BCUT2D eigenvalue weighted by Crippen LogP contribution is -2.46. The van der Waals surface area contributed by atoms with Gasteiger partial charge in [-0.1, -0.05) is 0 Å². The highest BCUT2D eigenvalue weighted by molar-refractivity contribution is 5.94. The summed E-state index contributed by atoms with van der Waals surface area (Å²) in [6.45, 7) is 3.25. The van der Waals surface area contributed by atoms with Crippen LogP contribution in [0.3, 0.4) is 0 Å². The Labute approximate surface area is 146 Å². The molecule has 3 heterocycles. The Kier molecular flexibility index (Phi) is 4.83. The van der Waals surface area contributed by atoms with Crippen molar-refractivity contribution in [3.05, 3.63) is 52.1 Å². The molecule has 0 atom stereocenters. The molecule has 0 radical (unpaired) electrons. The van der Waals surface area contributed by atoms with Gasteiger partial charge in [0.25, 0.3) is 11.5 Å². The summed E-state index contributed by atoms with van der Waals surface area (Å²) in [6.07, 6.45) is 3.36. The maximum Gasteiger partial charge on any atom is 0.254 e. The Bertz CT molecular complexity index is 807. The Hall–Kier alpha value is -2.70. The molecular formula is C18H23N5O2. The number of anilines is 1. The van der Waals surface area contributed by atoms with Gasteiger partial charge in [-0.3, -0.25) is 9.59 Å². The van der Waals surface area contributed by atoms with Gasteiger partial charge in [-0.15, -0.1) is 5.10 Å². The molecule has 0 N–H and O–H groups in total. The van der Waals surface area contributed by atoms with Gasteiger partial charge in [0.1, 0.15) is 0 Å². The lowest BCUT2D eigenvalue weighted by Gasteiger charge is -2.37. The van der Waals surface area contributed by atoms with Crippen molar-refractivity contribution in [3.63, 3.8) is 0 Å². The van der Waals surface area contributed by atoms with Crippen LogP contribution in [0.1, 0.15) is 28.9 Å². The molecule has 1 aliphatic heterocycles. The number of carbonyl (C=O) groups is 1. The van der Waals surface area contributed by atoms with E-state index in [-0.39, 0.29) is 11.5 Å². The monoisotopic (exact) mass is 341 g/mol. The SMILES string of the molecule is Cc1ccc(N(C)C2CCN(C(=O)c3ccn(C)c(=O)c3)CC2)nn1. The van der Waals surface area contributed by atoms with E-state index in [0.717, 1.165) is 24.4 Å². The first-order valence-corrected chi connectivity index (χ1v) is 8.45. The average molecular weight is 341 g/mol. The number of aryl methyl sites for hydroxylation is 2. The van der Waals surface area contributed by atoms with Crippen molar-refractivity contribution in [2.24, 2.45) is 7.05 Å². The molecule has 3 rings (SSSR count). The van der Waals surface area contributed by atoms with E-state index in [1.165, 1.54) is 10.6 Å². The van der Waals surface area contributed by atoms with E-state index in [4.69, 9.17) is 0 Å². The van der Waals surface area contributed by atoms with Crippen LogP contribution in [-0.4, -0.2) is 51.8 Å². The fourth-order valence-electron chi connectivity index (χ4n) is 3.09. The summed E-state index contributed by atoms with van der Waals surface area (Å²) in [5, 5.41) is 8.34. The van der Waals surface area contributed by atoms with Crippen LogP contribution in [0, 0.1) is 6.92 Å². The Morgan fingerprint density at radius 2 is 1.92 bits per heavy atom. The third kappa shape index (κ3) is 3.70. The molecule has 1 amide bonds. The predicted molar refractivity (Wildman–Crippen MR) is 95.8 cm³/mol. The van der Waals surface area contributed by atoms with Gasteiger partial charge in [0.15, 0.2) is 5.82 Å². The molecule has 2 aromatic rings. The summed E-state index contributed by atoms with van der Waals surface area (Å²) >= 11 is 0. The first-order valence-electron chi connectivity index (χ1n) is 8.45. The van der Waals surface area contributed by atoms with Crippen LogP contribution in [-0.2, 0) is 7.05 Å². The molecule has 1 fully saturated rings. The van der Waals surface area contributed by atoms with Gasteiger partial charge < -0.3 is 14.4 Å². The molecule has 0 spiro atoms. The molecule has 7 nitrogen and oxygen atoms in total. The molecule has 2 aromatic heterocycles. The highest BCUT2D eigenvalue weighted by Crippen LogP contribution is 2.21. The fourth-order valence-corrected chi connectivity index (χ4v) is 3.09. The third-order valence-electron chi connectivity index (χ3n) is 4.80.